The molecule has 0 unspecified atom stereocenters. The van der Waals surface area contributed by atoms with E-state index in [-0.39, 0.29) is 18.7 Å². The van der Waals surface area contributed by atoms with Crippen LogP contribution in [0.25, 0.3) is 0 Å². The zero-order chi connectivity index (χ0) is 18.5. The summed E-state index contributed by atoms with van der Waals surface area (Å²) in [4.78, 5) is 24.0. The van der Waals surface area contributed by atoms with Crippen LogP contribution in [0.1, 0.15) is 24.2 Å². The van der Waals surface area contributed by atoms with Gasteiger partial charge in [-0.05, 0) is 18.2 Å². The van der Waals surface area contributed by atoms with E-state index in [9.17, 15) is 22.4 Å². The topological polar surface area (TPSA) is 84.0 Å². The van der Waals surface area contributed by atoms with Crippen molar-refractivity contribution in [3.05, 3.63) is 29.6 Å². The van der Waals surface area contributed by atoms with Gasteiger partial charge in [0.05, 0.1) is 5.56 Å². The van der Waals surface area contributed by atoms with Gasteiger partial charge in [0.15, 0.2) is 6.61 Å². The zero-order valence-electron chi connectivity index (χ0n) is 14.1. The Bertz CT molecular complexity index is 715. The highest BCUT2D eigenvalue weighted by atomic mass is 32.2. The number of hydrogen-bond acceptors (Lipinski definition) is 5. The Morgan fingerprint density at radius 1 is 1.17 bits per heavy atom. The molecule has 0 aliphatic heterocycles. The molecule has 1 amide bonds. The highest BCUT2D eigenvalue weighted by Crippen LogP contribution is 2.21. The minimum absolute atomic E-state index is 0.145. The summed E-state index contributed by atoms with van der Waals surface area (Å²) >= 11 is 0. The van der Waals surface area contributed by atoms with Crippen LogP contribution in [0.15, 0.2) is 23.1 Å². The van der Waals surface area contributed by atoms with E-state index < -0.39 is 39.2 Å². The molecule has 1 aromatic carbocycles. The maximum absolute atomic E-state index is 14.0. The molecule has 7 nitrogen and oxygen atoms in total. The van der Waals surface area contributed by atoms with E-state index >= 15 is 0 Å². The van der Waals surface area contributed by atoms with Crippen molar-refractivity contribution >= 4 is 21.9 Å². The van der Waals surface area contributed by atoms with Crippen molar-refractivity contribution in [2.24, 2.45) is 0 Å². The molecular formula is C15H21FN2O5S. The van der Waals surface area contributed by atoms with Crippen molar-refractivity contribution < 1.29 is 27.1 Å². The lowest BCUT2D eigenvalue weighted by molar-refractivity contribution is -0.131. The number of carbonyl (C=O) groups is 2. The van der Waals surface area contributed by atoms with Crippen molar-refractivity contribution in [1.29, 1.82) is 0 Å². The van der Waals surface area contributed by atoms with Gasteiger partial charge in [-0.1, -0.05) is 13.8 Å². The first kappa shape index (κ1) is 20.0. The fourth-order valence-corrected chi connectivity index (χ4v) is 3.42. The van der Waals surface area contributed by atoms with Crippen molar-refractivity contribution in [3.8, 4) is 0 Å². The fourth-order valence-electron chi connectivity index (χ4n) is 1.87. The van der Waals surface area contributed by atoms with Gasteiger partial charge in [0.25, 0.3) is 5.91 Å². The average molecular weight is 360 g/mol. The molecule has 0 N–H and O–H groups in total. The van der Waals surface area contributed by atoms with Crippen molar-refractivity contribution in [1.82, 2.24) is 9.21 Å². The summed E-state index contributed by atoms with van der Waals surface area (Å²) in [5.74, 6) is -2.29. The lowest BCUT2D eigenvalue weighted by Crippen LogP contribution is -2.31. The predicted octanol–water partition coefficient (Wildman–Crippen LogP) is 1.10. The number of carbonyl (C=O) groups excluding carboxylic acids is 2. The third-order valence-corrected chi connectivity index (χ3v) is 5.38. The van der Waals surface area contributed by atoms with Gasteiger partial charge in [-0.2, -0.15) is 4.31 Å². The molecular weight excluding hydrogens is 339 g/mol. The summed E-state index contributed by atoms with van der Waals surface area (Å²) in [5, 5.41) is 0. The molecule has 1 aromatic rings. The van der Waals surface area contributed by atoms with Gasteiger partial charge in [0.2, 0.25) is 10.0 Å². The number of esters is 1. The molecule has 24 heavy (non-hydrogen) atoms. The van der Waals surface area contributed by atoms with Gasteiger partial charge in [0, 0.05) is 27.2 Å². The number of amides is 1. The summed E-state index contributed by atoms with van der Waals surface area (Å²) in [5.41, 5.74) is -0.145. The van der Waals surface area contributed by atoms with Crippen LogP contribution in [0.2, 0.25) is 0 Å². The second kappa shape index (κ2) is 8.20. The zero-order valence-corrected chi connectivity index (χ0v) is 14.9. The molecule has 0 radical (unpaired) electrons. The van der Waals surface area contributed by atoms with E-state index in [2.05, 4.69) is 0 Å². The molecule has 0 heterocycles. The Morgan fingerprint density at radius 2 is 1.75 bits per heavy atom. The summed E-state index contributed by atoms with van der Waals surface area (Å²) in [6, 6.07) is 2.92. The molecule has 0 saturated carbocycles. The second-order valence-corrected chi connectivity index (χ2v) is 7.01. The Labute approximate surface area is 141 Å². The van der Waals surface area contributed by atoms with E-state index in [1.165, 1.54) is 19.0 Å². The van der Waals surface area contributed by atoms with Gasteiger partial charge in [-0.15, -0.1) is 0 Å². The lowest BCUT2D eigenvalue weighted by atomic mass is 10.2. The number of halogens is 1. The molecule has 9 heteroatoms. The van der Waals surface area contributed by atoms with E-state index in [0.717, 1.165) is 22.5 Å². The Balaban J connectivity index is 3.10. The van der Waals surface area contributed by atoms with Crippen LogP contribution in [0.4, 0.5) is 4.39 Å². The normalized spacial score (nSPS) is 11.4. The smallest absolute Gasteiger partial charge is 0.338 e. The first-order chi connectivity index (χ1) is 11.1. The van der Waals surface area contributed by atoms with Crippen molar-refractivity contribution in [2.75, 3.05) is 33.8 Å². The van der Waals surface area contributed by atoms with Crippen LogP contribution in [0.3, 0.4) is 0 Å². The second-order valence-electron chi connectivity index (χ2n) is 5.10. The number of benzene rings is 1. The van der Waals surface area contributed by atoms with Crippen LogP contribution in [-0.4, -0.2) is 63.3 Å². The van der Waals surface area contributed by atoms with Crippen LogP contribution in [0, 0.1) is 5.82 Å². The van der Waals surface area contributed by atoms with Gasteiger partial charge < -0.3 is 9.64 Å². The molecule has 1 rings (SSSR count). The van der Waals surface area contributed by atoms with Crippen LogP contribution in [0.5, 0.6) is 0 Å². The maximum atomic E-state index is 14.0. The van der Waals surface area contributed by atoms with E-state index in [1.54, 1.807) is 13.8 Å². The number of nitrogens with zero attached hydrogens (tertiary/aromatic N) is 2. The van der Waals surface area contributed by atoms with Crippen LogP contribution < -0.4 is 0 Å². The first-order valence-electron chi connectivity index (χ1n) is 7.32. The Morgan fingerprint density at radius 3 is 2.25 bits per heavy atom. The fraction of sp³-hybridized carbons (Fsp3) is 0.467. The lowest BCUT2D eigenvalue weighted by Gasteiger charge is -2.19. The average Bonchev–Trinajstić information content (AvgIpc) is 2.53. The first-order valence-corrected chi connectivity index (χ1v) is 8.76. The summed E-state index contributed by atoms with van der Waals surface area (Å²) < 4.78 is 44.7. The van der Waals surface area contributed by atoms with E-state index in [1.807, 2.05) is 0 Å². The number of ether oxygens (including phenoxy) is 1. The molecule has 0 aromatic heterocycles. The standard InChI is InChI=1S/C15H21FN2O5S/c1-5-18(6-2)24(21,22)13-9-11(7-8-12(13)16)15(20)23-10-14(19)17(3)4/h7-9H,5-6,10H2,1-4H3. The molecule has 0 aliphatic rings. The van der Waals surface area contributed by atoms with Gasteiger partial charge in [-0.25, -0.2) is 17.6 Å². The summed E-state index contributed by atoms with van der Waals surface area (Å²) in [6.07, 6.45) is 0. The highest BCUT2D eigenvalue weighted by Gasteiger charge is 2.26. The number of hydrogen-bond donors (Lipinski definition) is 0. The van der Waals surface area contributed by atoms with Crippen molar-refractivity contribution in [3.63, 3.8) is 0 Å². The Hall–Kier alpha value is -2.00. The molecule has 134 valence electrons. The molecule has 0 bridgehead atoms. The third kappa shape index (κ3) is 4.51. The molecule has 0 spiro atoms. The van der Waals surface area contributed by atoms with Crippen LogP contribution >= 0.6 is 0 Å². The van der Waals surface area contributed by atoms with Crippen molar-refractivity contribution in [2.45, 2.75) is 18.7 Å². The molecule has 0 saturated heterocycles. The number of likely N-dealkylation sites (N-methyl/N-ethyl adjacent to an activating group) is 1. The largest absolute Gasteiger partial charge is 0.452 e. The van der Waals surface area contributed by atoms with Gasteiger partial charge in [0.1, 0.15) is 10.7 Å². The van der Waals surface area contributed by atoms with Gasteiger partial charge >= 0.3 is 5.97 Å². The quantitative estimate of drug-likeness (QED) is 0.680. The molecule has 0 aliphatic carbocycles. The third-order valence-electron chi connectivity index (χ3n) is 3.32. The van der Waals surface area contributed by atoms with Crippen LogP contribution in [-0.2, 0) is 19.6 Å². The predicted molar refractivity (Wildman–Crippen MR) is 85.5 cm³/mol. The monoisotopic (exact) mass is 360 g/mol. The van der Waals surface area contributed by atoms with Gasteiger partial charge in [-0.3, -0.25) is 4.79 Å². The van der Waals surface area contributed by atoms with E-state index in [4.69, 9.17) is 4.74 Å². The maximum Gasteiger partial charge on any atom is 0.338 e. The van der Waals surface area contributed by atoms with E-state index in [0.29, 0.717) is 0 Å². The Kier molecular flexibility index (Phi) is 6.85. The number of rotatable bonds is 7. The number of sulfonamides is 1. The molecule has 0 atom stereocenters. The minimum atomic E-state index is -4.06. The summed E-state index contributed by atoms with van der Waals surface area (Å²) in [7, 11) is -1.05. The summed E-state index contributed by atoms with van der Waals surface area (Å²) in [6.45, 7) is 3.11. The SMILES string of the molecule is CCN(CC)S(=O)(=O)c1cc(C(=O)OCC(=O)N(C)C)ccc1F. The minimum Gasteiger partial charge on any atom is -0.452 e. The highest BCUT2D eigenvalue weighted by molar-refractivity contribution is 7.89. The molecule has 0 fully saturated rings.